The highest BCUT2D eigenvalue weighted by molar-refractivity contribution is 9.10. The fourth-order valence-corrected chi connectivity index (χ4v) is 2.68. The van der Waals surface area contributed by atoms with Gasteiger partial charge in [0.2, 0.25) is 0 Å². The summed E-state index contributed by atoms with van der Waals surface area (Å²) in [6.45, 7) is 5.08. The highest BCUT2D eigenvalue weighted by Crippen LogP contribution is 2.20. The Hall–Kier alpha value is -1.24. The van der Waals surface area contributed by atoms with Crippen molar-refractivity contribution >= 4 is 15.9 Å². The Labute approximate surface area is 126 Å². The molecule has 106 valence electrons. The van der Waals surface area contributed by atoms with Gasteiger partial charge in [0, 0.05) is 11.0 Å². The number of hydrogen-bond donors (Lipinski definition) is 1. The summed E-state index contributed by atoms with van der Waals surface area (Å²) in [4.78, 5) is 4.39. The molecule has 1 unspecified atom stereocenters. The van der Waals surface area contributed by atoms with Gasteiger partial charge in [0.1, 0.15) is 6.33 Å². The normalized spacial score (nSPS) is 19.2. The van der Waals surface area contributed by atoms with Crippen LogP contribution in [0.3, 0.4) is 0 Å². The van der Waals surface area contributed by atoms with Crippen molar-refractivity contribution in [2.24, 2.45) is 0 Å². The molecule has 2 aromatic rings. The maximum atomic E-state index is 5.44. The average Bonchev–Trinajstić information content (AvgIpc) is 2.93. The molecule has 0 saturated carbocycles. The fourth-order valence-electron chi connectivity index (χ4n) is 2.27. The molecule has 1 aliphatic rings. The first kappa shape index (κ1) is 13.7. The third-order valence-electron chi connectivity index (χ3n) is 3.50. The van der Waals surface area contributed by atoms with Crippen LogP contribution < -0.4 is 5.32 Å². The van der Waals surface area contributed by atoms with Crippen LogP contribution in [0.1, 0.15) is 23.0 Å². The van der Waals surface area contributed by atoms with E-state index in [1.54, 1.807) is 6.33 Å². The first-order valence-electron chi connectivity index (χ1n) is 6.68. The molecule has 1 aromatic carbocycles. The Balaban J connectivity index is 1.75. The van der Waals surface area contributed by atoms with Crippen LogP contribution in [0.2, 0.25) is 0 Å². The van der Waals surface area contributed by atoms with Gasteiger partial charge in [-0.15, -0.1) is 0 Å². The second kappa shape index (κ2) is 6.03. The molecule has 1 aliphatic heterocycles. The lowest BCUT2D eigenvalue weighted by atomic mass is 10.1. The predicted octanol–water partition coefficient (Wildman–Crippen LogP) is 2.06. The number of nitrogens with one attached hydrogen (secondary N) is 1. The van der Waals surface area contributed by atoms with Gasteiger partial charge in [0.15, 0.2) is 5.82 Å². The number of benzene rings is 1. The highest BCUT2D eigenvalue weighted by Gasteiger charge is 2.19. The maximum Gasteiger partial charge on any atom is 0.169 e. The number of morpholine rings is 1. The van der Waals surface area contributed by atoms with Crippen molar-refractivity contribution < 1.29 is 4.74 Å². The van der Waals surface area contributed by atoms with Gasteiger partial charge in [0.05, 0.1) is 25.8 Å². The zero-order valence-electron chi connectivity index (χ0n) is 11.3. The number of aromatic nitrogens is 3. The van der Waals surface area contributed by atoms with Crippen LogP contribution in [0.4, 0.5) is 0 Å². The maximum absolute atomic E-state index is 5.44. The second-order valence-corrected chi connectivity index (χ2v) is 5.76. The summed E-state index contributed by atoms with van der Waals surface area (Å²) in [5.41, 5.74) is 2.48. The van der Waals surface area contributed by atoms with Crippen LogP contribution in [0.5, 0.6) is 0 Å². The lowest BCUT2D eigenvalue weighted by molar-refractivity contribution is 0.0742. The van der Waals surface area contributed by atoms with E-state index in [0.29, 0.717) is 6.61 Å². The van der Waals surface area contributed by atoms with Crippen LogP contribution in [0.25, 0.3) is 0 Å². The number of rotatable bonds is 3. The van der Waals surface area contributed by atoms with Crippen molar-refractivity contribution in [2.75, 3.05) is 19.8 Å². The zero-order chi connectivity index (χ0) is 13.9. The van der Waals surface area contributed by atoms with Crippen molar-refractivity contribution in [3.05, 3.63) is 46.0 Å². The minimum absolute atomic E-state index is 0.105. The van der Waals surface area contributed by atoms with Gasteiger partial charge >= 0.3 is 0 Å². The minimum Gasteiger partial charge on any atom is -0.378 e. The summed E-state index contributed by atoms with van der Waals surface area (Å²) < 4.78 is 8.44. The van der Waals surface area contributed by atoms with Crippen LogP contribution in [-0.2, 0) is 11.3 Å². The molecule has 1 atom stereocenters. The van der Waals surface area contributed by atoms with Crippen molar-refractivity contribution in [3.63, 3.8) is 0 Å². The molecule has 6 heteroatoms. The van der Waals surface area contributed by atoms with E-state index in [4.69, 9.17) is 4.74 Å². The van der Waals surface area contributed by atoms with Gasteiger partial charge in [-0.25, -0.2) is 9.67 Å². The smallest absolute Gasteiger partial charge is 0.169 e. The molecule has 0 spiro atoms. The minimum atomic E-state index is 0.105. The number of ether oxygens (including phenoxy) is 1. The van der Waals surface area contributed by atoms with E-state index in [1.165, 1.54) is 11.1 Å². The van der Waals surface area contributed by atoms with Crippen LogP contribution in [-0.4, -0.2) is 34.5 Å². The first-order valence-corrected chi connectivity index (χ1v) is 7.48. The second-order valence-electron chi connectivity index (χ2n) is 4.91. The van der Waals surface area contributed by atoms with E-state index in [-0.39, 0.29) is 6.04 Å². The van der Waals surface area contributed by atoms with E-state index >= 15 is 0 Å². The van der Waals surface area contributed by atoms with Gasteiger partial charge in [-0.3, -0.25) is 0 Å². The van der Waals surface area contributed by atoms with E-state index in [1.807, 2.05) is 10.7 Å². The Morgan fingerprint density at radius 1 is 1.50 bits per heavy atom. The van der Waals surface area contributed by atoms with E-state index < -0.39 is 0 Å². The molecule has 1 aromatic heterocycles. The average molecular weight is 337 g/mol. The largest absolute Gasteiger partial charge is 0.378 e. The molecule has 1 fully saturated rings. The SMILES string of the molecule is Cc1c(Br)cccc1Cn1cnc(C2COCCN2)n1. The topological polar surface area (TPSA) is 52.0 Å². The summed E-state index contributed by atoms with van der Waals surface area (Å²) in [6, 6.07) is 6.31. The summed E-state index contributed by atoms with van der Waals surface area (Å²) in [7, 11) is 0. The van der Waals surface area contributed by atoms with E-state index in [0.717, 1.165) is 30.0 Å². The molecule has 0 amide bonds. The molecule has 1 N–H and O–H groups in total. The molecule has 5 nitrogen and oxygen atoms in total. The molecule has 0 radical (unpaired) electrons. The van der Waals surface area contributed by atoms with Crippen molar-refractivity contribution in [3.8, 4) is 0 Å². The molecule has 20 heavy (non-hydrogen) atoms. The zero-order valence-corrected chi connectivity index (χ0v) is 12.9. The van der Waals surface area contributed by atoms with Crippen LogP contribution in [0.15, 0.2) is 29.0 Å². The summed E-state index contributed by atoms with van der Waals surface area (Å²) in [6.07, 6.45) is 1.78. The highest BCUT2D eigenvalue weighted by atomic mass is 79.9. The molecular formula is C14H17BrN4O. The Morgan fingerprint density at radius 2 is 2.40 bits per heavy atom. The van der Waals surface area contributed by atoms with Crippen molar-refractivity contribution in [1.82, 2.24) is 20.1 Å². The monoisotopic (exact) mass is 336 g/mol. The summed E-state index contributed by atoms with van der Waals surface area (Å²) in [5.74, 6) is 0.803. The molecular weight excluding hydrogens is 320 g/mol. The molecule has 1 saturated heterocycles. The van der Waals surface area contributed by atoms with Crippen molar-refractivity contribution in [2.45, 2.75) is 19.5 Å². The Bertz CT molecular complexity index is 593. The van der Waals surface area contributed by atoms with E-state index in [9.17, 15) is 0 Å². The lowest BCUT2D eigenvalue weighted by Gasteiger charge is -2.21. The predicted molar refractivity (Wildman–Crippen MR) is 79.6 cm³/mol. The van der Waals surface area contributed by atoms with E-state index in [2.05, 4.69) is 50.4 Å². The molecule has 3 rings (SSSR count). The number of halogens is 1. The third kappa shape index (κ3) is 2.92. The Kier molecular flexibility index (Phi) is 4.14. The van der Waals surface area contributed by atoms with Gasteiger partial charge in [0.25, 0.3) is 0 Å². The third-order valence-corrected chi connectivity index (χ3v) is 4.36. The van der Waals surface area contributed by atoms with Gasteiger partial charge < -0.3 is 10.1 Å². The van der Waals surface area contributed by atoms with Crippen LogP contribution in [0, 0.1) is 6.92 Å². The Morgan fingerprint density at radius 3 is 3.20 bits per heavy atom. The number of nitrogens with zero attached hydrogens (tertiary/aromatic N) is 3. The summed E-state index contributed by atoms with van der Waals surface area (Å²) >= 11 is 3.56. The van der Waals surface area contributed by atoms with Gasteiger partial charge in [-0.1, -0.05) is 28.1 Å². The number of hydrogen-bond acceptors (Lipinski definition) is 4. The van der Waals surface area contributed by atoms with Gasteiger partial charge in [-0.05, 0) is 24.1 Å². The standard InChI is InChI=1S/C14H17BrN4O/c1-10-11(3-2-4-12(10)15)7-19-9-17-14(18-19)13-8-20-6-5-16-13/h2-4,9,13,16H,5-8H2,1H3. The quantitative estimate of drug-likeness (QED) is 0.932. The fraction of sp³-hybridized carbons (Fsp3) is 0.429. The molecule has 0 aliphatic carbocycles. The van der Waals surface area contributed by atoms with Crippen LogP contribution >= 0.6 is 15.9 Å². The lowest BCUT2D eigenvalue weighted by Crippen LogP contribution is -2.35. The molecule has 2 heterocycles. The first-order chi connectivity index (χ1) is 9.74. The van der Waals surface area contributed by atoms with Crippen molar-refractivity contribution in [1.29, 1.82) is 0 Å². The molecule has 0 bridgehead atoms. The summed E-state index contributed by atoms with van der Waals surface area (Å²) in [5, 5.41) is 7.91. The van der Waals surface area contributed by atoms with Gasteiger partial charge in [-0.2, -0.15) is 5.10 Å².